The Morgan fingerprint density at radius 1 is 0.975 bits per heavy atom. The number of ether oxygens (including phenoxy) is 2. The normalized spacial score (nSPS) is 14.3. The van der Waals surface area contributed by atoms with Crippen LogP contribution in [0.4, 0.5) is 4.79 Å². The van der Waals surface area contributed by atoms with Crippen molar-refractivity contribution in [3.8, 4) is 11.4 Å². The summed E-state index contributed by atoms with van der Waals surface area (Å²) in [5.74, 6) is -1.28. The number of rotatable bonds is 10. The number of amides is 3. The molecule has 1 fully saturated rings. The van der Waals surface area contributed by atoms with Crippen LogP contribution >= 0.6 is 0 Å². The average molecular weight is 556 g/mol. The van der Waals surface area contributed by atoms with Gasteiger partial charge in [-0.3, -0.25) is 14.4 Å². The summed E-state index contributed by atoms with van der Waals surface area (Å²) in [7, 11) is 0. The largest absolute Gasteiger partial charge is 0.466 e. The number of aromatic nitrogens is 2. The van der Waals surface area contributed by atoms with E-state index in [4.69, 9.17) is 9.47 Å². The second-order valence-electron chi connectivity index (χ2n) is 9.77. The van der Waals surface area contributed by atoms with Crippen molar-refractivity contribution in [3.63, 3.8) is 0 Å². The molecule has 40 heavy (non-hydrogen) atoms. The molecule has 1 aromatic carbocycles. The molecule has 0 bridgehead atoms. The van der Waals surface area contributed by atoms with Crippen molar-refractivity contribution < 1.29 is 33.8 Å². The van der Waals surface area contributed by atoms with Crippen molar-refractivity contribution in [2.24, 2.45) is 0 Å². The van der Waals surface area contributed by atoms with E-state index in [0.29, 0.717) is 5.56 Å². The standard InChI is InChI=1S/C28H37N5O7/c1-5-39-23(34)13-12-20(26(36)32-14-16-33(17-15-32)27(37)40-6-2)30-25(35)21-18-22(28(3,4)38)31-24(29-21)19-10-8-7-9-11-19/h7-11,18,20,38H,5-6,12-17H2,1-4H3,(H,30,35). The molecule has 1 aliphatic rings. The molecule has 2 aromatic rings. The van der Waals surface area contributed by atoms with E-state index in [2.05, 4.69) is 15.3 Å². The zero-order valence-corrected chi connectivity index (χ0v) is 23.4. The molecule has 2 N–H and O–H groups in total. The van der Waals surface area contributed by atoms with Crippen LogP contribution in [0.2, 0.25) is 0 Å². The molecular weight excluding hydrogens is 518 g/mol. The lowest BCUT2D eigenvalue weighted by Gasteiger charge is -2.36. The summed E-state index contributed by atoms with van der Waals surface area (Å²) < 4.78 is 10.0. The van der Waals surface area contributed by atoms with Crippen LogP contribution < -0.4 is 5.32 Å². The van der Waals surface area contributed by atoms with Gasteiger partial charge in [0.25, 0.3) is 5.91 Å². The Morgan fingerprint density at radius 2 is 1.60 bits per heavy atom. The van der Waals surface area contributed by atoms with Crippen molar-refractivity contribution in [3.05, 3.63) is 47.8 Å². The lowest BCUT2D eigenvalue weighted by atomic mass is 10.0. The minimum Gasteiger partial charge on any atom is -0.466 e. The first kappa shape index (κ1) is 30.5. The predicted octanol–water partition coefficient (Wildman–Crippen LogP) is 2.11. The molecule has 1 saturated heterocycles. The van der Waals surface area contributed by atoms with Crippen molar-refractivity contribution in [2.45, 2.75) is 52.2 Å². The van der Waals surface area contributed by atoms with Gasteiger partial charge >= 0.3 is 12.1 Å². The van der Waals surface area contributed by atoms with Crippen molar-refractivity contribution in [1.82, 2.24) is 25.1 Å². The molecule has 2 heterocycles. The lowest BCUT2D eigenvalue weighted by molar-refractivity contribution is -0.143. The summed E-state index contributed by atoms with van der Waals surface area (Å²) in [6.07, 6.45) is -0.514. The van der Waals surface area contributed by atoms with Gasteiger partial charge in [0, 0.05) is 38.2 Å². The average Bonchev–Trinajstić information content (AvgIpc) is 2.95. The number of nitrogens with zero attached hydrogens (tertiary/aromatic N) is 4. The van der Waals surface area contributed by atoms with Gasteiger partial charge in [-0.15, -0.1) is 0 Å². The number of hydrogen-bond donors (Lipinski definition) is 2. The fourth-order valence-corrected chi connectivity index (χ4v) is 4.12. The van der Waals surface area contributed by atoms with E-state index < -0.39 is 29.6 Å². The van der Waals surface area contributed by atoms with Crippen LogP contribution in [0.1, 0.15) is 56.7 Å². The van der Waals surface area contributed by atoms with Crippen molar-refractivity contribution >= 4 is 23.9 Å². The van der Waals surface area contributed by atoms with Gasteiger partial charge < -0.3 is 29.7 Å². The zero-order chi connectivity index (χ0) is 29.3. The number of aliphatic hydroxyl groups is 1. The third-order valence-electron chi connectivity index (χ3n) is 6.28. The van der Waals surface area contributed by atoms with E-state index in [0.717, 1.165) is 0 Å². The highest BCUT2D eigenvalue weighted by atomic mass is 16.6. The number of carbonyl (C=O) groups excluding carboxylic acids is 4. The predicted molar refractivity (Wildman–Crippen MR) is 145 cm³/mol. The Labute approximate surface area is 233 Å². The Balaban J connectivity index is 1.83. The van der Waals surface area contributed by atoms with Gasteiger partial charge in [0.15, 0.2) is 5.82 Å². The number of carbonyl (C=O) groups is 4. The van der Waals surface area contributed by atoms with E-state index in [9.17, 15) is 24.3 Å². The zero-order valence-electron chi connectivity index (χ0n) is 23.4. The third-order valence-corrected chi connectivity index (χ3v) is 6.28. The molecule has 1 unspecified atom stereocenters. The molecule has 3 rings (SSSR count). The topological polar surface area (TPSA) is 151 Å². The number of piperazine rings is 1. The highest BCUT2D eigenvalue weighted by molar-refractivity contribution is 5.96. The molecule has 1 atom stereocenters. The maximum absolute atomic E-state index is 13.5. The molecule has 0 radical (unpaired) electrons. The Morgan fingerprint density at radius 3 is 2.20 bits per heavy atom. The second kappa shape index (κ2) is 13.8. The third kappa shape index (κ3) is 8.22. The van der Waals surface area contributed by atoms with Gasteiger partial charge in [-0.1, -0.05) is 30.3 Å². The minimum absolute atomic E-state index is 0.0104. The first-order chi connectivity index (χ1) is 19.0. The molecule has 12 heteroatoms. The summed E-state index contributed by atoms with van der Waals surface area (Å²) in [4.78, 5) is 63.0. The van der Waals surface area contributed by atoms with E-state index in [1.807, 2.05) is 6.07 Å². The first-order valence-electron chi connectivity index (χ1n) is 13.4. The molecule has 0 saturated carbocycles. The smallest absolute Gasteiger partial charge is 0.409 e. The quantitative estimate of drug-likeness (QED) is 0.420. The fraction of sp³-hybridized carbons (Fsp3) is 0.500. The maximum atomic E-state index is 13.5. The maximum Gasteiger partial charge on any atom is 0.409 e. The fourth-order valence-electron chi connectivity index (χ4n) is 4.12. The molecule has 1 aromatic heterocycles. The molecule has 3 amide bonds. The summed E-state index contributed by atoms with van der Waals surface area (Å²) in [5.41, 5.74) is -0.515. The van der Waals surface area contributed by atoms with E-state index in [1.54, 1.807) is 56.9 Å². The van der Waals surface area contributed by atoms with Crippen molar-refractivity contribution in [1.29, 1.82) is 0 Å². The van der Waals surface area contributed by atoms with Gasteiger partial charge in [-0.25, -0.2) is 14.8 Å². The van der Waals surface area contributed by atoms with E-state index >= 15 is 0 Å². The highest BCUT2D eigenvalue weighted by Crippen LogP contribution is 2.23. The monoisotopic (exact) mass is 555 g/mol. The number of hydrogen-bond acceptors (Lipinski definition) is 9. The number of benzene rings is 1. The van der Waals surface area contributed by atoms with Gasteiger partial charge in [-0.05, 0) is 40.2 Å². The van der Waals surface area contributed by atoms with E-state index in [1.165, 1.54) is 11.0 Å². The number of esters is 1. The van der Waals surface area contributed by atoms with Crippen LogP contribution in [-0.4, -0.2) is 94.2 Å². The highest BCUT2D eigenvalue weighted by Gasteiger charge is 2.32. The van der Waals surface area contributed by atoms with Crippen LogP contribution in [0.3, 0.4) is 0 Å². The summed E-state index contributed by atoms with van der Waals surface area (Å²) in [6, 6.07) is 9.35. The van der Waals surface area contributed by atoms with Crippen LogP contribution in [0.25, 0.3) is 11.4 Å². The summed E-state index contributed by atoms with van der Waals surface area (Å²) in [5, 5.41) is 13.4. The van der Waals surface area contributed by atoms with Gasteiger partial charge in [-0.2, -0.15) is 0 Å². The van der Waals surface area contributed by atoms with Crippen LogP contribution in [0.15, 0.2) is 36.4 Å². The summed E-state index contributed by atoms with van der Waals surface area (Å²) >= 11 is 0. The Hall–Kier alpha value is -4.06. The van der Waals surface area contributed by atoms with Gasteiger partial charge in [0.2, 0.25) is 5.91 Å². The Kier molecular flexibility index (Phi) is 10.5. The minimum atomic E-state index is -1.36. The second-order valence-corrected chi connectivity index (χ2v) is 9.77. The molecule has 1 aliphatic heterocycles. The van der Waals surface area contributed by atoms with Gasteiger partial charge in [0.1, 0.15) is 17.3 Å². The molecule has 216 valence electrons. The number of nitrogens with one attached hydrogen (secondary N) is 1. The molecule has 0 spiro atoms. The summed E-state index contributed by atoms with van der Waals surface area (Å²) in [6.45, 7) is 8.02. The first-order valence-corrected chi connectivity index (χ1v) is 13.4. The van der Waals surface area contributed by atoms with Crippen LogP contribution in [-0.2, 0) is 24.7 Å². The SMILES string of the molecule is CCOC(=O)CCC(NC(=O)c1cc(C(C)(C)O)nc(-c2ccccc2)n1)C(=O)N1CCN(C(=O)OCC)CC1. The van der Waals surface area contributed by atoms with E-state index in [-0.39, 0.29) is 75.4 Å². The Bertz CT molecular complexity index is 1190. The lowest BCUT2D eigenvalue weighted by Crippen LogP contribution is -2.56. The van der Waals surface area contributed by atoms with Crippen LogP contribution in [0, 0.1) is 0 Å². The molecule has 0 aliphatic carbocycles. The molecule has 12 nitrogen and oxygen atoms in total. The van der Waals surface area contributed by atoms with Crippen molar-refractivity contribution in [2.75, 3.05) is 39.4 Å². The van der Waals surface area contributed by atoms with Crippen LogP contribution in [0.5, 0.6) is 0 Å². The van der Waals surface area contributed by atoms with Gasteiger partial charge in [0.05, 0.1) is 18.9 Å². The molecular formula is C28H37N5O7.